The molecule has 11 heteroatoms. The number of hydrogen-bond acceptors (Lipinski definition) is 6. The van der Waals surface area contributed by atoms with Crippen LogP contribution in [0.15, 0.2) is 53.9 Å². The first-order valence-electron chi connectivity index (χ1n) is 10.3. The molecule has 0 spiro atoms. The largest absolute Gasteiger partial charge is 0.497 e. The third kappa shape index (κ3) is 5.41. The average Bonchev–Trinajstić information content (AvgIpc) is 3.49. The van der Waals surface area contributed by atoms with Gasteiger partial charge in [0.25, 0.3) is 0 Å². The highest BCUT2D eigenvalue weighted by Crippen LogP contribution is 2.36. The molecule has 0 unspecified atom stereocenters. The van der Waals surface area contributed by atoms with Crippen molar-refractivity contribution >= 4 is 29.0 Å². The van der Waals surface area contributed by atoms with Gasteiger partial charge in [-0.2, -0.15) is 13.2 Å². The van der Waals surface area contributed by atoms with Gasteiger partial charge >= 0.3 is 6.18 Å². The molecule has 3 aromatic rings. The van der Waals surface area contributed by atoms with Crippen LogP contribution in [0.4, 0.5) is 24.5 Å². The maximum Gasteiger partial charge on any atom is 0.416 e. The Morgan fingerprint density at radius 3 is 2.70 bits per heavy atom. The van der Waals surface area contributed by atoms with E-state index in [2.05, 4.69) is 15.5 Å². The topological polar surface area (TPSA) is 72.3 Å². The van der Waals surface area contributed by atoms with Crippen molar-refractivity contribution in [3.63, 3.8) is 0 Å². The van der Waals surface area contributed by atoms with Crippen molar-refractivity contribution in [2.24, 2.45) is 0 Å². The van der Waals surface area contributed by atoms with Gasteiger partial charge in [-0.05, 0) is 43.2 Å². The summed E-state index contributed by atoms with van der Waals surface area (Å²) in [5.41, 5.74) is 0.715. The fraction of sp³-hybridized carbons (Fsp3) is 0.318. The number of carbonyl (C=O) groups is 1. The molecule has 33 heavy (non-hydrogen) atoms. The maximum atomic E-state index is 13.3. The van der Waals surface area contributed by atoms with E-state index in [9.17, 15) is 18.0 Å². The van der Waals surface area contributed by atoms with Crippen LogP contribution in [0.25, 0.3) is 5.69 Å². The van der Waals surface area contributed by atoms with Gasteiger partial charge in [-0.3, -0.25) is 9.36 Å². The summed E-state index contributed by atoms with van der Waals surface area (Å²) in [5.74, 6) is 0.187. The van der Waals surface area contributed by atoms with Crippen LogP contribution in [-0.2, 0) is 11.0 Å². The number of nitrogens with one attached hydrogen (secondary N) is 1. The normalized spacial score (nSPS) is 13.9. The number of ether oxygens (including phenoxy) is 1. The zero-order chi connectivity index (χ0) is 23.4. The minimum atomic E-state index is -4.50. The van der Waals surface area contributed by atoms with Crippen LogP contribution in [0.2, 0.25) is 0 Å². The summed E-state index contributed by atoms with van der Waals surface area (Å²) in [6, 6.07) is 10.8. The van der Waals surface area contributed by atoms with E-state index < -0.39 is 17.6 Å². The third-order valence-corrected chi connectivity index (χ3v) is 6.17. The summed E-state index contributed by atoms with van der Waals surface area (Å²) in [6.07, 6.45) is -1.05. The van der Waals surface area contributed by atoms with Gasteiger partial charge in [0.05, 0.1) is 35.5 Å². The number of nitrogens with zero attached hydrogens (tertiary/aromatic N) is 4. The minimum Gasteiger partial charge on any atom is -0.497 e. The Morgan fingerprint density at radius 1 is 1.18 bits per heavy atom. The lowest BCUT2D eigenvalue weighted by Crippen LogP contribution is -2.22. The van der Waals surface area contributed by atoms with Crippen molar-refractivity contribution in [1.29, 1.82) is 0 Å². The van der Waals surface area contributed by atoms with Crippen molar-refractivity contribution in [1.82, 2.24) is 14.8 Å². The predicted octanol–water partition coefficient (Wildman–Crippen LogP) is 4.63. The number of anilines is 2. The molecule has 0 saturated carbocycles. The van der Waals surface area contributed by atoms with E-state index in [4.69, 9.17) is 4.74 Å². The van der Waals surface area contributed by atoms with Crippen LogP contribution in [0, 0.1) is 0 Å². The summed E-state index contributed by atoms with van der Waals surface area (Å²) in [7, 11) is 1.56. The number of methoxy groups -OCH3 is 1. The molecule has 1 saturated heterocycles. The molecular formula is C22H22F3N5O2S. The highest BCUT2D eigenvalue weighted by Gasteiger charge is 2.32. The number of alkyl halides is 3. The number of hydrogen-bond donors (Lipinski definition) is 1. The van der Waals surface area contributed by atoms with Crippen molar-refractivity contribution in [2.75, 3.05) is 36.2 Å². The second-order valence-corrected chi connectivity index (χ2v) is 8.39. The van der Waals surface area contributed by atoms with E-state index in [1.54, 1.807) is 23.8 Å². The van der Waals surface area contributed by atoms with Gasteiger partial charge in [-0.25, -0.2) is 0 Å². The van der Waals surface area contributed by atoms with Gasteiger partial charge in [-0.1, -0.05) is 17.8 Å². The van der Waals surface area contributed by atoms with Crippen molar-refractivity contribution in [2.45, 2.75) is 24.2 Å². The highest BCUT2D eigenvalue weighted by atomic mass is 32.2. The number of halogens is 3. The molecule has 1 aliphatic heterocycles. The molecule has 0 atom stereocenters. The molecule has 7 nitrogen and oxygen atoms in total. The van der Waals surface area contributed by atoms with Gasteiger partial charge in [0.1, 0.15) is 12.1 Å². The van der Waals surface area contributed by atoms with E-state index in [0.29, 0.717) is 16.6 Å². The fourth-order valence-electron chi connectivity index (χ4n) is 3.62. The Hall–Kier alpha value is -3.21. The van der Waals surface area contributed by atoms with E-state index in [-0.39, 0.29) is 11.4 Å². The molecule has 1 fully saturated rings. The Labute approximate surface area is 192 Å². The zero-order valence-corrected chi connectivity index (χ0v) is 18.6. The molecule has 2 heterocycles. The number of carbonyl (C=O) groups excluding carboxylic acids is 1. The van der Waals surface area contributed by atoms with E-state index in [1.165, 1.54) is 12.4 Å². The first-order valence-corrected chi connectivity index (χ1v) is 11.3. The van der Waals surface area contributed by atoms with Gasteiger partial charge in [0, 0.05) is 19.2 Å². The van der Waals surface area contributed by atoms with E-state index >= 15 is 0 Å². The van der Waals surface area contributed by atoms with Gasteiger partial charge in [-0.15, -0.1) is 10.2 Å². The summed E-state index contributed by atoms with van der Waals surface area (Å²) in [4.78, 5) is 14.7. The smallest absolute Gasteiger partial charge is 0.416 e. The standard InChI is InChI=1S/C22H22F3N5O2S/c1-32-17-6-4-5-16(12-17)30-14-26-28-21(30)33-13-20(31)27-18-11-15(22(23,24)25)7-8-19(18)29-9-2-3-10-29/h4-8,11-12,14H,2-3,9-10,13H2,1H3,(H,27,31). The summed E-state index contributed by atoms with van der Waals surface area (Å²) < 4.78 is 46.7. The zero-order valence-electron chi connectivity index (χ0n) is 17.8. The number of rotatable bonds is 7. The second kappa shape index (κ2) is 9.74. The monoisotopic (exact) mass is 477 g/mol. The summed E-state index contributed by atoms with van der Waals surface area (Å²) in [5, 5.41) is 11.1. The van der Waals surface area contributed by atoms with Crippen LogP contribution >= 0.6 is 11.8 Å². The molecule has 174 valence electrons. The van der Waals surface area contributed by atoms with Crippen LogP contribution in [0.3, 0.4) is 0 Å². The lowest BCUT2D eigenvalue weighted by Gasteiger charge is -2.23. The quantitative estimate of drug-likeness (QED) is 0.501. The molecule has 1 amide bonds. The predicted molar refractivity (Wildman–Crippen MR) is 120 cm³/mol. The third-order valence-electron chi connectivity index (χ3n) is 5.23. The van der Waals surface area contributed by atoms with E-state index in [0.717, 1.165) is 55.5 Å². The number of amides is 1. The first kappa shape index (κ1) is 23.0. The molecule has 2 aromatic carbocycles. The maximum absolute atomic E-state index is 13.3. The average molecular weight is 478 g/mol. The Kier molecular flexibility index (Phi) is 6.77. The van der Waals surface area contributed by atoms with Crippen LogP contribution < -0.4 is 15.0 Å². The highest BCUT2D eigenvalue weighted by molar-refractivity contribution is 7.99. The van der Waals surface area contributed by atoms with Crippen LogP contribution in [0.1, 0.15) is 18.4 Å². The molecule has 0 aliphatic carbocycles. The van der Waals surface area contributed by atoms with Gasteiger partial charge < -0.3 is 15.0 Å². The molecule has 1 aromatic heterocycles. The van der Waals surface area contributed by atoms with Gasteiger partial charge in [0.2, 0.25) is 5.91 Å². The van der Waals surface area contributed by atoms with E-state index in [1.807, 2.05) is 17.0 Å². The molecule has 1 aliphatic rings. The number of aromatic nitrogens is 3. The Bertz CT molecular complexity index is 1130. The lowest BCUT2D eigenvalue weighted by molar-refractivity contribution is -0.137. The Balaban J connectivity index is 1.49. The van der Waals surface area contributed by atoms with Crippen molar-refractivity contribution in [3.8, 4) is 11.4 Å². The molecule has 4 rings (SSSR count). The Morgan fingerprint density at radius 2 is 1.97 bits per heavy atom. The molecular weight excluding hydrogens is 455 g/mol. The number of thioether (sulfide) groups is 1. The first-order chi connectivity index (χ1) is 15.8. The van der Waals surface area contributed by atoms with Gasteiger partial charge in [0.15, 0.2) is 5.16 Å². The molecule has 1 N–H and O–H groups in total. The SMILES string of the molecule is COc1cccc(-n2cnnc2SCC(=O)Nc2cc(C(F)(F)F)ccc2N2CCCC2)c1. The second-order valence-electron chi connectivity index (χ2n) is 7.45. The lowest BCUT2D eigenvalue weighted by atomic mass is 10.1. The summed E-state index contributed by atoms with van der Waals surface area (Å²) in [6.45, 7) is 1.49. The van der Waals surface area contributed by atoms with Crippen molar-refractivity contribution < 1.29 is 22.7 Å². The summed E-state index contributed by atoms with van der Waals surface area (Å²) >= 11 is 1.14. The van der Waals surface area contributed by atoms with Crippen LogP contribution in [-0.4, -0.2) is 46.6 Å². The molecule has 0 radical (unpaired) electrons. The fourth-order valence-corrected chi connectivity index (χ4v) is 4.35. The number of benzene rings is 2. The van der Waals surface area contributed by atoms with Crippen LogP contribution in [0.5, 0.6) is 5.75 Å². The van der Waals surface area contributed by atoms with Crippen molar-refractivity contribution in [3.05, 3.63) is 54.4 Å². The molecule has 0 bridgehead atoms. The minimum absolute atomic E-state index is 0.0433.